The van der Waals surface area contributed by atoms with Crippen molar-refractivity contribution in [2.45, 2.75) is 52.6 Å². The first-order valence-electron chi connectivity index (χ1n) is 10.4. The SMILES string of the molecule is CC[C@H](Oc1cccc(C)c1C)C(=O)Nc1ccccc1C(=O)N1CCCCC1. The van der Waals surface area contributed by atoms with Gasteiger partial charge in [0.15, 0.2) is 6.10 Å². The molecule has 1 fully saturated rings. The minimum absolute atomic E-state index is 0.0240. The van der Waals surface area contributed by atoms with Gasteiger partial charge in [0.05, 0.1) is 11.3 Å². The van der Waals surface area contributed by atoms with Gasteiger partial charge in [-0.15, -0.1) is 0 Å². The van der Waals surface area contributed by atoms with Crippen LogP contribution in [0.15, 0.2) is 42.5 Å². The Bertz CT molecular complexity index is 872. The molecule has 0 bridgehead atoms. The Kier molecular flexibility index (Phi) is 6.91. The van der Waals surface area contributed by atoms with Crippen LogP contribution < -0.4 is 10.1 Å². The van der Waals surface area contributed by atoms with Crippen LogP contribution in [-0.2, 0) is 4.79 Å². The molecule has 2 aromatic rings. The van der Waals surface area contributed by atoms with Gasteiger partial charge in [0.1, 0.15) is 5.75 Å². The lowest BCUT2D eigenvalue weighted by molar-refractivity contribution is -0.122. The zero-order valence-corrected chi connectivity index (χ0v) is 17.5. The molecule has 0 aliphatic carbocycles. The fourth-order valence-corrected chi connectivity index (χ4v) is 3.59. The van der Waals surface area contributed by atoms with Gasteiger partial charge < -0.3 is 15.0 Å². The van der Waals surface area contributed by atoms with E-state index in [-0.39, 0.29) is 11.8 Å². The number of rotatable bonds is 6. The normalized spacial score (nSPS) is 14.9. The van der Waals surface area contributed by atoms with Crippen molar-refractivity contribution in [2.75, 3.05) is 18.4 Å². The average Bonchev–Trinajstić information content (AvgIpc) is 2.75. The number of para-hydroxylation sites is 1. The third-order valence-electron chi connectivity index (χ3n) is 5.55. The molecule has 1 heterocycles. The van der Waals surface area contributed by atoms with Gasteiger partial charge in [-0.25, -0.2) is 0 Å². The molecule has 1 aliphatic rings. The number of piperidine rings is 1. The number of hydrogen-bond donors (Lipinski definition) is 1. The number of ether oxygens (including phenoxy) is 1. The number of nitrogens with zero attached hydrogens (tertiary/aromatic N) is 1. The lowest BCUT2D eigenvalue weighted by atomic mass is 10.1. The molecule has 0 radical (unpaired) electrons. The fourth-order valence-electron chi connectivity index (χ4n) is 3.59. The highest BCUT2D eigenvalue weighted by Gasteiger charge is 2.24. The molecule has 1 atom stereocenters. The van der Waals surface area contributed by atoms with E-state index in [0.717, 1.165) is 43.5 Å². The summed E-state index contributed by atoms with van der Waals surface area (Å²) in [6.07, 6.45) is 3.12. The molecule has 2 aromatic carbocycles. The number of anilines is 1. The zero-order chi connectivity index (χ0) is 20.8. The van der Waals surface area contributed by atoms with Crippen LogP contribution >= 0.6 is 0 Å². The van der Waals surface area contributed by atoms with E-state index in [4.69, 9.17) is 4.74 Å². The van der Waals surface area contributed by atoms with E-state index >= 15 is 0 Å². The summed E-state index contributed by atoms with van der Waals surface area (Å²) in [4.78, 5) is 27.8. The van der Waals surface area contributed by atoms with Crippen LogP contribution in [0, 0.1) is 13.8 Å². The molecular formula is C24H30N2O3. The van der Waals surface area contributed by atoms with Gasteiger partial charge >= 0.3 is 0 Å². The standard InChI is InChI=1S/C24H30N2O3/c1-4-21(29-22-14-10-11-17(2)18(22)3)23(27)25-20-13-7-6-12-19(20)24(28)26-15-8-5-9-16-26/h6-7,10-14,21H,4-5,8-9,15-16H2,1-3H3,(H,25,27)/t21-/m0/s1. The van der Waals surface area contributed by atoms with Gasteiger partial charge in [0.2, 0.25) is 0 Å². The maximum absolute atomic E-state index is 13.0. The maximum Gasteiger partial charge on any atom is 0.265 e. The number of carbonyl (C=O) groups excluding carboxylic acids is 2. The second-order valence-electron chi connectivity index (χ2n) is 7.60. The minimum atomic E-state index is -0.631. The molecule has 0 saturated carbocycles. The van der Waals surface area contributed by atoms with Crippen molar-refractivity contribution < 1.29 is 14.3 Å². The molecule has 1 aliphatic heterocycles. The van der Waals surface area contributed by atoms with Gasteiger partial charge in [-0.05, 0) is 68.9 Å². The largest absolute Gasteiger partial charge is 0.480 e. The summed E-state index contributed by atoms with van der Waals surface area (Å²) in [5.41, 5.74) is 3.22. The summed E-state index contributed by atoms with van der Waals surface area (Å²) in [5, 5.41) is 2.92. The molecule has 2 amide bonds. The Morgan fingerprint density at radius 3 is 2.48 bits per heavy atom. The summed E-state index contributed by atoms with van der Waals surface area (Å²) in [6.45, 7) is 7.47. The van der Waals surface area contributed by atoms with Crippen LogP contribution in [0.25, 0.3) is 0 Å². The molecule has 154 valence electrons. The highest BCUT2D eigenvalue weighted by molar-refractivity contribution is 6.04. The van der Waals surface area contributed by atoms with Crippen LogP contribution in [-0.4, -0.2) is 35.9 Å². The number of carbonyl (C=O) groups is 2. The third kappa shape index (κ3) is 4.97. The van der Waals surface area contributed by atoms with Gasteiger partial charge in [-0.2, -0.15) is 0 Å². The molecule has 0 spiro atoms. The van der Waals surface area contributed by atoms with Gasteiger partial charge in [0, 0.05) is 13.1 Å². The number of nitrogens with one attached hydrogen (secondary N) is 1. The number of benzene rings is 2. The second-order valence-corrected chi connectivity index (χ2v) is 7.60. The van der Waals surface area contributed by atoms with E-state index in [1.165, 1.54) is 0 Å². The highest BCUT2D eigenvalue weighted by atomic mass is 16.5. The van der Waals surface area contributed by atoms with Crippen LogP contribution in [0.5, 0.6) is 5.75 Å². The van der Waals surface area contributed by atoms with E-state index in [9.17, 15) is 9.59 Å². The Hall–Kier alpha value is -2.82. The summed E-state index contributed by atoms with van der Waals surface area (Å²) in [6, 6.07) is 13.0. The predicted octanol–water partition coefficient (Wildman–Crippen LogP) is 4.73. The smallest absolute Gasteiger partial charge is 0.265 e. The van der Waals surface area contributed by atoms with E-state index in [0.29, 0.717) is 23.4 Å². The molecule has 3 rings (SSSR count). The zero-order valence-electron chi connectivity index (χ0n) is 17.5. The highest BCUT2D eigenvalue weighted by Crippen LogP contribution is 2.24. The van der Waals surface area contributed by atoms with Crippen molar-refractivity contribution in [3.63, 3.8) is 0 Å². The Morgan fingerprint density at radius 1 is 1.03 bits per heavy atom. The predicted molar refractivity (Wildman–Crippen MR) is 115 cm³/mol. The number of hydrogen-bond acceptors (Lipinski definition) is 3. The molecule has 0 unspecified atom stereocenters. The Balaban J connectivity index is 1.75. The first kappa shape index (κ1) is 20.9. The summed E-state index contributed by atoms with van der Waals surface area (Å²) >= 11 is 0. The van der Waals surface area contributed by atoms with E-state index in [2.05, 4.69) is 5.32 Å². The number of amides is 2. The minimum Gasteiger partial charge on any atom is -0.480 e. The molecular weight excluding hydrogens is 364 g/mol. The van der Waals surface area contributed by atoms with E-state index in [1.54, 1.807) is 12.1 Å². The molecule has 1 saturated heterocycles. The van der Waals surface area contributed by atoms with Crippen molar-refractivity contribution in [3.05, 3.63) is 59.2 Å². The summed E-state index contributed by atoms with van der Waals surface area (Å²) < 4.78 is 6.02. The molecule has 0 aromatic heterocycles. The first-order valence-corrected chi connectivity index (χ1v) is 10.4. The Labute approximate surface area is 173 Å². The van der Waals surface area contributed by atoms with E-state index < -0.39 is 6.10 Å². The second kappa shape index (κ2) is 9.59. The summed E-state index contributed by atoms with van der Waals surface area (Å²) in [5.74, 6) is 0.445. The van der Waals surface area contributed by atoms with E-state index in [1.807, 2.05) is 56.0 Å². The topological polar surface area (TPSA) is 58.6 Å². The first-order chi connectivity index (χ1) is 14.0. The van der Waals surface area contributed by atoms with Gasteiger partial charge in [-0.3, -0.25) is 9.59 Å². The van der Waals surface area contributed by atoms with Crippen LogP contribution in [0.4, 0.5) is 5.69 Å². The number of aryl methyl sites for hydroxylation is 1. The van der Waals surface area contributed by atoms with Crippen molar-refractivity contribution in [1.29, 1.82) is 0 Å². The average molecular weight is 395 g/mol. The van der Waals surface area contributed by atoms with Crippen LogP contribution in [0.2, 0.25) is 0 Å². The molecule has 5 nitrogen and oxygen atoms in total. The van der Waals surface area contributed by atoms with Crippen molar-refractivity contribution >= 4 is 17.5 Å². The summed E-state index contributed by atoms with van der Waals surface area (Å²) in [7, 11) is 0. The lowest BCUT2D eigenvalue weighted by Gasteiger charge is -2.27. The monoisotopic (exact) mass is 394 g/mol. The lowest BCUT2D eigenvalue weighted by Crippen LogP contribution is -2.37. The van der Waals surface area contributed by atoms with Crippen LogP contribution in [0.1, 0.15) is 54.1 Å². The quantitative estimate of drug-likeness (QED) is 0.771. The van der Waals surface area contributed by atoms with Crippen molar-refractivity contribution in [1.82, 2.24) is 4.90 Å². The molecule has 29 heavy (non-hydrogen) atoms. The Morgan fingerprint density at radius 2 is 1.76 bits per heavy atom. The third-order valence-corrected chi connectivity index (χ3v) is 5.55. The number of likely N-dealkylation sites (tertiary alicyclic amines) is 1. The van der Waals surface area contributed by atoms with Gasteiger partial charge in [0.25, 0.3) is 11.8 Å². The van der Waals surface area contributed by atoms with Crippen molar-refractivity contribution in [2.24, 2.45) is 0 Å². The maximum atomic E-state index is 13.0. The molecule has 5 heteroatoms. The molecule has 1 N–H and O–H groups in total. The fraction of sp³-hybridized carbons (Fsp3) is 0.417. The van der Waals surface area contributed by atoms with Gasteiger partial charge in [-0.1, -0.05) is 31.2 Å². The van der Waals surface area contributed by atoms with Crippen molar-refractivity contribution in [3.8, 4) is 5.75 Å². The van der Waals surface area contributed by atoms with Crippen LogP contribution in [0.3, 0.4) is 0 Å².